The van der Waals surface area contributed by atoms with Crippen molar-refractivity contribution in [1.82, 2.24) is 10.2 Å². The average Bonchev–Trinajstić information content (AvgIpc) is 2.41. The fourth-order valence-electron chi connectivity index (χ4n) is 2.82. The highest BCUT2D eigenvalue weighted by Gasteiger charge is 2.18. The summed E-state index contributed by atoms with van der Waals surface area (Å²) >= 11 is 0. The van der Waals surface area contributed by atoms with E-state index >= 15 is 0 Å². The van der Waals surface area contributed by atoms with Gasteiger partial charge in [-0.2, -0.15) is 5.10 Å². The number of hydrogen-bond acceptors (Lipinski definition) is 3. The third kappa shape index (κ3) is 3.09. The van der Waals surface area contributed by atoms with Gasteiger partial charge in [0.2, 0.25) is 0 Å². The molecule has 2 aromatic rings. The highest BCUT2D eigenvalue weighted by molar-refractivity contribution is 5.92. The highest BCUT2D eigenvalue weighted by Crippen LogP contribution is 2.25. The minimum absolute atomic E-state index is 0.636. The summed E-state index contributed by atoms with van der Waals surface area (Å²) in [5, 5.41) is 14.4. The number of aromatic nitrogens is 2. The van der Waals surface area contributed by atoms with Crippen LogP contribution in [-0.4, -0.2) is 16.7 Å². The van der Waals surface area contributed by atoms with E-state index in [1.807, 2.05) is 13.0 Å². The van der Waals surface area contributed by atoms with E-state index in [0.29, 0.717) is 17.8 Å². The Morgan fingerprint density at radius 3 is 2.15 bits per heavy atom. The van der Waals surface area contributed by atoms with Crippen LogP contribution in [0.2, 0.25) is 0 Å². The maximum absolute atomic E-state index is 4.34. The lowest BCUT2D eigenvalue weighted by Gasteiger charge is -2.25. The van der Waals surface area contributed by atoms with Gasteiger partial charge in [-0.1, -0.05) is 52.0 Å². The fraction of sp³-hybridized carbons (Fsp3) is 0.529. The van der Waals surface area contributed by atoms with Gasteiger partial charge in [-0.15, -0.1) is 5.10 Å². The van der Waals surface area contributed by atoms with Crippen molar-refractivity contribution < 1.29 is 0 Å². The van der Waals surface area contributed by atoms with Crippen LogP contribution in [0.15, 0.2) is 24.3 Å². The molecule has 20 heavy (non-hydrogen) atoms. The zero-order valence-electron chi connectivity index (χ0n) is 13.1. The van der Waals surface area contributed by atoms with Gasteiger partial charge in [0.25, 0.3) is 0 Å². The SMILES string of the molecule is Cc1nnc(NCC(C(C)C)C(C)C)c2ccccc12. The van der Waals surface area contributed by atoms with Gasteiger partial charge in [-0.3, -0.25) is 0 Å². The maximum atomic E-state index is 4.34. The molecule has 0 spiro atoms. The number of nitrogens with one attached hydrogen (secondary N) is 1. The minimum Gasteiger partial charge on any atom is -0.368 e. The molecule has 0 fully saturated rings. The van der Waals surface area contributed by atoms with Gasteiger partial charge in [0.15, 0.2) is 5.82 Å². The van der Waals surface area contributed by atoms with E-state index in [1.54, 1.807) is 0 Å². The van der Waals surface area contributed by atoms with Gasteiger partial charge in [-0.25, -0.2) is 0 Å². The molecular weight excluding hydrogens is 246 g/mol. The Hall–Kier alpha value is -1.64. The van der Waals surface area contributed by atoms with Crippen molar-refractivity contribution in [3.63, 3.8) is 0 Å². The molecule has 0 amide bonds. The topological polar surface area (TPSA) is 37.8 Å². The first-order chi connectivity index (χ1) is 9.50. The average molecular weight is 271 g/mol. The molecule has 2 rings (SSSR count). The van der Waals surface area contributed by atoms with Gasteiger partial charge >= 0.3 is 0 Å². The Balaban J connectivity index is 2.24. The van der Waals surface area contributed by atoms with Gasteiger partial charge in [0, 0.05) is 17.3 Å². The van der Waals surface area contributed by atoms with Crippen molar-refractivity contribution in [2.45, 2.75) is 34.6 Å². The smallest absolute Gasteiger partial charge is 0.156 e. The Labute approximate surface area is 121 Å². The molecular formula is C17H25N3. The molecule has 0 atom stereocenters. The number of nitrogens with zero attached hydrogens (tertiary/aromatic N) is 2. The number of aryl methyl sites for hydroxylation is 1. The lowest BCUT2D eigenvalue weighted by Crippen LogP contribution is -2.25. The van der Waals surface area contributed by atoms with Crippen molar-refractivity contribution in [1.29, 1.82) is 0 Å². The third-order valence-electron chi connectivity index (χ3n) is 4.09. The lowest BCUT2D eigenvalue weighted by molar-refractivity contribution is 0.304. The predicted molar refractivity (Wildman–Crippen MR) is 85.9 cm³/mol. The molecule has 0 bridgehead atoms. The molecule has 0 aliphatic rings. The molecule has 108 valence electrons. The molecule has 0 aliphatic heterocycles. The zero-order valence-corrected chi connectivity index (χ0v) is 13.1. The number of benzene rings is 1. The summed E-state index contributed by atoms with van der Waals surface area (Å²) in [5.41, 5.74) is 0.982. The second-order valence-corrected chi connectivity index (χ2v) is 6.21. The first kappa shape index (κ1) is 14.8. The minimum atomic E-state index is 0.636. The van der Waals surface area contributed by atoms with Crippen LogP contribution in [0.25, 0.3) is 10.8 Å². The van der Waals surface area contributed by atoms with Crippen molar-refractivity contribution in [2.24, 2.45) is 17.8 Å². The monoisotopic (exact) mass is 271 g/mol. The quantitative estimate of drug-likeness (QED) is 0.882. The Morgan fingerprint density at radius 1 is 0.950 bits per heavy atom. The summed E-state index contributed by atoms with van der Waals surface area (Å²) in [4.78, 5) is 0. The van der Waals surface area contributed by atoms with Crippen molar-refractivity contribution in [3.8, 4) is 0 Å². The van der Waals surface area contributed by atoms with Crippen LogP contribution in [0, 0.1) is 24.7 Å². The fourth-order valence-corrected chi connectivity index (χ4v) is 2.82. The highest BCUT2D eigenvalue weighted by atomic mass is 15.2. The standard InChI is InChI=1S/C17H25N3/c1-11(2)16(12(3)4)10-18-17-15-9-7-6-8-14(15)13(5)19-20-17/h6-9,11-12,16H,10H2,1-5H3,(H,18,20). The van der Waals surface area contributed by atoms with Crippen molar-refractivity contribution in [2.75, 3.05) is 11.9 Å². The summed E-state index contributed by atoms with van der Waals surface area (Å²) in [6.45, 7) is 12.1. The zero-order chi connectivity index (χ0) is 14.7. The van der Waals surface area contributed by atoms with E-state index in [0.717, 1.165) is 23.4 Å². The van der Waals surface area contributed by atoms with E-state index in [-0.39, 0.29) is 0 Å². The Kier molecular flexibility index (Phi) is 4.58. The van der Waals surface area contributed by atoms with E-state index in [9.17, 15) is 0 Å². The number of anilines is 1. The number of rotatable bonds is 5. The van der Waals surface area contributed by atoms with Gasteiger partial charge in [0.1, 0.15) is 0 Å². The normalized spacial score (nSPS) is 11.8. The molecule has 1 aromatic carbocycles. The second-order valence-electron chi connectivity index (χ2n) is 6.21. The van der Waals surface area contributed by atoms with Crippen LogP contribution in [0.1, 0.15) is 33.4 Å². The van der Waals surface area contributed by atoms with Crippen LogP contribution in [0.3, 0.4) is 0 Å². The summed E-state index contributed by atoms with van der Waals surface area (Å²) < 4.78 is 0. The molecule has 0 saturated heterocycles. The van der Waals surface area contributed by atoms with Crippen molar-refractivity contribution >= 4 is 16.6 Å². The van der Waals surface area contributed by atoms with Crippen LogP contribution >= 0.6 is 0 Å². The summed E-state index contributed by atoms with van der Waals surface area (Å²) in [6.07, 6.45) is 0. The van der Waals surface area contributed by atoms with E-state index in [2.05, 4.69) is 61.4 Å². The van der Waals surface area contributed by atoms with Crippen LogP contribution in [0.5, 0.6) is 0 Å². The van der Waals surface area contributed by atoms with Crippen LogP contribution in [0.4, 0.5) is 5.82 Å². The lowest BCUT2D eigenvalue weighted by atomic mass is 9.85. The molecule has 1 aromatic heterocycles. The first-order valence-electron chi connectivity index (χ1n) is 7.46. The van der Waals surface area contributed by atoms with Gasteiger partial charge in [-0.05, 0) is 24.7 Å². The largest absolute Gasteiger partial charge is 0.368 e. The van der Waals surface area contributed by atoms with Crippen LogP contribution in [-0.2, 0) is 0 Å². The second kappa shape index (κ2) is 6.21. The molecule has 3 nitrogen and oxygen atoms in total. The molecule has 1 heterocycles. The Morgan fingerprint density at radius 2 is 1.55 bits per heavy atom. The molecule has 0 radical (unpaired) electrons. The third-order valence-corrected chi connectivity index (χ3v) is 4.09. The van der Waals surface area contributed by atoms with Gasteiger partial charge < -0.3 is 5.32 Å². The number of fused-ring (bicyclic) bond motifs is 1. The van der Waals surface area contributed by atoms with E-state index < -0.39 is 0 Å². The summed E-state index contributed by atoms with van der Waals surface area (Å²) in [5.74, 6) is 2.86. The molecule has 0 aliphatic carbocycles. The number of hydrogen-bond donors (Lipinski definition) is 1. The summed E-state index contributed by atoms with van der Waals surface area (Å²) in [6, 6.07) is 8.31. The van der Waals surface area contributed by atoms with Gasteiger partial charge in [0.05, 0.1) is 5.69 Å². The molecule has 3 heteroatoms. The molecule has 0 unspecified atom stereocenters. The van der Waals surface area contributed by atoms with Crippen molar-refractivity contribution in [3.05, 3.63) is 30.0 Å². The predicted octanol–water partition coefficient (Wildman–Crippen LogP) is 4.28. The maximum Gasteiger partial charge on any atom is 0.156 e. The van der Waals surface area contributed by atoms with Crippen LogP contribution < -0.4 is 5.32 Å². The molecule has 1 N–H and O–H groups in total. The Bertz CT molecular complexity index is 567. The molecule has 0 saturated carbocycles. The first-order valence-corrected chi connectivity index (χ1v) is 7.46. The van der Waals surface area contributed by atoms with E-state index in [4.69, 9.17) is 0 Å². The van der Waals surface area contributed by atoms with E-state index in [1.165, 1.54) is 5.39 Å². The summed E-state index contributed by atoms with van der Waals surface area (Å²) in [7, 11) is 0.